The standard InChI is InChI=1S/C21H26N2O5S/c1-15-4-6-17(7-5-15)16(2)22-29(25,26)18-8-9-20(27-3)19(14-18)21(24)23-10-12-28-13-11-23/h4-9,14,16,22H,10-13H2,1-3H3/t16-/m0/s1. The highest BCUT2D eigenvalue weighted by Crippen LogP contribution is 2.25. The molecule has 0 aliphatic carbocycles. The molecule has 0 radical (unpaired) electrons. The van der Waals surface area contributed by atoms with Crippen LogP contribution in [-0.4, -0.2) is 52.6 Å². The Morgan fingerprint density at radius 3 is 2.41 bits per heavy atom. The lowest BCUT2D eigenvalue weighted by Crippen LogP contribution is -2.40. The van der Waals surface area contributed by atoms with E-state index in [1.165, 1.54) is 25.3 Å². The number of hydrogen-bond donors (Lipinski definition) is 1. The molecule has 1 aliphatic heterocycles. The Labute approximate surface area is 171 Å². The first kappa shape index (κ1) is 21.3. The summed E-state index contributed by atoms with van der Waals surface area (Å²) >= 11 is 0. The Hall–Kier alpha value is -2.42. The van der Waals surface area contributed by atoms with Crippen LogP contribution in [0, 0.1) is 6.92 Å². The zero-order valence-corrected chi connectivity index (χ0v) is 17.7. The zero-order chi connectivity index (χ0) is 21.0. The van der Waals surface area contributed by atoms with Gasteiger partial charge in [-0.3, -0.25) is 4.79 Å². The molecule has 0 aromatic heterocycles. The van der Waals surface area contributed by atoms with Crippen molar-refractivity contribution in [3.05, 3.63) is 59.2 Å². The van der Waals surface area contributed by atoms with E-state index in [0.29, 0.717) is 32.1 Å². The molecule has 1 amide bonds. The van der Waals surface area contributed by atoms with E-state index < -0.39 is 16.1 Å². The van der Waals surface area contributed by atoms with Gasteiger partial charge in [-0.15, -0.1) is 0 Å². The molecule has 0 saturated carbocycles. The van der Waals surface area contributed by atoms with Crippen LogP contribution in [0.25, 0.3) is 0 Å². The van der Waals surface area contributed by atoms with Crippen LogP contribution in [0.4, 0.5) is 0 Å². The summed E-state index contributed by atoms with van der Waals surface area (Å²) in [6.07, 6.45) is 0. The summed E-state index contributed by atoms with van der Waals surface area (Å²) in [6.45, 7) is 5.60. The smallest absolute Gasteiger partial charge is 0.257 e. The highest BCUT2D eigenvalue weighted by atomic mass is 32.2. The van der Waals surface area contributed by atoms with Crippen molar-refractivity contribution in [3.63, 3.8) is 0 Å². The molecule has 2 aromatic rings. The van der Waals surface area contributed by atoms with Crippen molar-refractivity contribution < 1.29 is 22.7 Å². The van der Waals surface area contributed by atoms with Crippen molar-refractivity contribution in [1.82, 2.24) is 9.62 Å². The van der Waals surface area contributed by atoms with Gasteiger partial charge in [-0.25, -0.2) is 13.1 Å². The van der Waals surface area contributed by atoms with Gasteiger partial charge in [-0.05, 0) is 37.6 Å². The summed E-state index contributed by atoms with van der Waals surface area (Å²) in [7, 11) is -2.37. The number of amides is 1. The molecule has 0 unspecified atom stereocenters. The van der Waals surface area contributed by atoms with Crippen molar-refractivity contribution >= 4 is 15.9 Å². The average Bonchev–Trinajstić information content (AvgIpc) is 2.73. The number of nitrogens with one attached hydrogen (secondary N) is 1. The van der Waals surface area contributed by atoms with Gasteiger partial charge < -0.3 is 14.4 Å². The first-order chi connectivity index (χ1) is 13.8. The molecule has 8 heteroatoms. The maximum absolute atomic E-state index is 12.9. The maximum Gasteiger partial charge on any atom is 0.257 e. The number of rotatable bonds is 6. The van der Waals surface area contributed by atoms with Crippen LogP contribution < -0.4 is 9.46 Å². The van der Waals surface area contributed by atoms with Gasteiger partial charge in [-0.2, -0.15) is 0 Å². The minimum atomic E-state index is -3.83. The molecule has 3 rings (SSSR count). The van der Waals surface area contributed by atoms with Crippen LogP contribution in [0.2, 0.25) is 0 Å². The number of benzene rings is 2. The molecular formula is C21H26N2O5S. The van der Waals surface area contributed by atoms with E-state index in [0.717, 1.165) is 11.1 Å². The predicted octanol–water partition coefficient (Wildman–Crippen LogP) is 2.52. The number of sulfonamides is 1. The minimum Gasteiger partial charge on any atom is -0.496 e. The molecule has 1 saturated heterocycles. The van der Waals surface area contributed by atoms with Crippen molar-refractivity contribution in [2.45, 2.75) is 24.8 Å². The Kier molecular flexibility index (Phi) is 6.56. The number of nitrogens with zero attached hydrogens (tertiary/aromatic N) is 1. The Morgan fingerprint density at radius 2 is 1.79 bits per heavy atom. The van der Waals surface area contributed by atoms with E-state index in [4.69, 9.17) is 9.47 Å². The number of carbonyl (C=O) groups excluding carboxylic acids is 1. The number of ether oxygens (including phenoxy) is 2. The van der Waals surface area contributed by atoms with Crippen molar-refractivity contribution in [2.24, 2.45) is 0 Å². The van der Waals surface area contributed by atoms with E-state index in [2.05, 4.69) is 4.72 Å². The molecule has 0 spiro atoms. The van der Waals surface area contributed by atoms with Crippen LogP contribution in [0.1, 0.15) is 34.5 Å². The van der Waals surface area contributed by atoms with Gasteiger partial charge in [0, 0.05) is 19.1 Å². The Bertz CT molecular complexity index is 967. The number of carbonyl (C=O) groups is 1. The number of methoxy groups -OCH3 is 1. The molecule has 29 heavy (non-hydrogen) atoms. The van der Waals surface area contributed by atoms with E-state index in [-0.39, 0.29) is 16.4 Å². The molecule has 1 aliphatic rings. The first-order valence-corrected chi connectivity index (χ1v) is 10.9. The lowest BCUT2D eigenvalue weighted by Gasteiger charge is -2.27. The highest BCUT2D eigenvalue weighted by Gasteiger charge is 2.25. The summed E-state index contributed by atoms with van der Waals surface area (Å²) in [5.41, 5.74) is 2.18. The average molecular weight is 419 g/mol. The predicted molar refractivity (Wildman–Crippen MR) is 110 cm³/mol. The molecule has 1 atom stereocenters. The Morgan fingerprint density at radius 1 is 1.14 bits per heavy atom. The summed E-state index contributed by atoms with van der Waals surface area (Å²) in [6, 6.07) is 11.6. The van der Waals surface area contributed by atoms with Crippen LogP contribution in [-0.2, 0) is 14.8 Å². The fraction of sp³-hybridized carbons (Fsp3) is 0.381. The quantitative estimate of drug-likeness (QED) is 0.779. The van der Waals surface area contributed by atoms with Crippen LogP contribution >= 0.6 is 0 Å². The third-order valence-electron chi connectivity index (χ3n) is 4.92. The summed E-state index contributed by atoms with van der Waals surface area (Å²) < 4.78 is 39.1. The van der Waals surface area contributed by atoms with E-state index in [1.807, 2.05) is 31.2 Å². The van der Waals surface area contributed by atoms with E-state index >= 15 is 0 Å². The van der Waals surface area contributed by atoms with E-state index in [1.54, 1.807) is 11.8 Å². The van der Waals surface area contributed by atoms with Gasteiger partial charge in [0.15, 0.2) is 0 Å². The summed E-state index contributed by atoms with van der Waals surface area (Å²) in [4.78, 5) is 14.6. The molecule has 0 bridgehead atoms. The van der Waals surface area contributed by atoms with Gasteiger partial charge in [0.05, 0.1) is 30.8 Å². The molecule has 1 N–H and O–H groups in total. The second-order valence-electron chi connectivity index (χ2n) is 7.02. The first-order valence-electron chi connectivity index (χ1n) is 9.46. The topological polar surface area (TPSA) is 84.9 Å². The third kappa shape index (κ3) is 4.95. The van der Waals surface area contributed by atoms with Crippen LogP contribution in [0.5, 0.6) is 5.75 Å². The van der Waals surface area contributed by atoms with Gasteiger partial charge in [0.25, 0.3) is 5.91 Å². The monoisotopic (exact) mass is 418 g/mol. The highest BCUT2D eigenvalue weighted by molar-refractivity contribution is 7.89. The molecule has 156 valence electrons. The second-order valence-corrected chi connectivity index (χ2v) is 8.73. The lowest BCUT2D eigenvalue weighted by molar-refractivity contribution is 0.0300. The van der Waals surface area contributed by atoms with Crippen LogP contribution in [0.3, 0.4) is 0 Å². The lowest BCUT2D eigenvalue weighted by atomic mass is 10.1. The number of hydrogen-bond acceptors (Lipinski definition) is 5. The number of morpholine rings is 1. The summed E-state index contributed by atoms with van der Waals surface area (Å²) in [5.74, 6) is 0.0702. The molecular weight excluding hydrogens is 392 g/mol. The van der Waals surface area contributed by atoms with Gasteiger partial charge in [-0.1, -0.05) is 29.8 Å². The fourth-order valence-corrected chi connectivity index (χ4v) is 4.44. The zero-order valence-electron chi connectivity index (χ0n) is 16.8. The van der Waals surface area contributed by atoms with Crippen molar-refractivity contribution in [2.75, 3.05) is 33.4 Å². The fourth-order valence-electron chi connectivity index (χ4n) is 3.18. The van der Waals surface area contributed by atoms with E-state index in [9.17, 15) is 13.2 Å². The molecule has 2 aromatic carbocycles. The van der Waals surface area contributed by atoms with Gasteiger partial charge >= 0.3 is 0 Å². The second kappa shape index (κ2) is 8.94. The molecule has 7 nitrogen and oxygen atoms in total. The third-order valence-corrected chi connectivity index (χ3v) is 6.46. The van der Waals surface area contributed by atoms with Gasteiger partial charge in [0.2, 0.25) is 10.0 Å². The van der Waals surface area contributed by atoms with Crippen molar-refractivity contribution in [1.29, 1.82) is 0 Å². The Balaban J connectivity index is 1.86. The van der Waals surface area contributed by atoms with Crippen molar-refractivity contribution in [3.8, 4) is 5.75 Å². The molecule has 1 heterocycles. The normalized spacial score (nSPS) is 15.8. The van der Waals surface area contributed by atoms with Crippen LogP contribution in [0.15, 0.2) is 47.4 Å². The maximum atomic E-state index is 12.9. The summed E-state index contributed by atoms with van der Waals surface area (Å²) in [5, 5.41) is 0. The minimum absolute atomic E-state index is 0.0221. The SMILES string of the molecule is COc1ccc(S(=O)(=O)N[C@@H](C)c2ccc(C)cc2)cc1C(=O)N1CCOCC1. The largest absolute Gasteiger partial charge is 0.496 e. The molecule has 1 fully saturated rings. The van der Waals surface area contributed by atoms with Gasteiger partial charge in [0.1, 0.15) is 5.75 Å². The number of aryl methyl sites for hydroxylation is 1.